The fourth-order valence-corrected chi connectivity index (χ4v) is 1.41. The van der Waals surface area contributed by atoms with Crippen molar-refractivity contribution < 1.29 is 8.78 Å². The Kier molecular flexibility index (Phi) is 2.18. The molecule has 1 saturated carbocycles. The van der Waals surface area contributed by atoms with Gasteiger partial charge in [-0.3, -0.25) is 0 Å². The van der Waals surface area contributed by atoms with Crippen molar-refractivity contribution in [3.63, 3.8) is 0 Å². The minimum Gasteiger partial charge on any atom is -0.388 e. The van der Waals surface area contributed by atoms with Gasteiger partial charge in [-0.2, -0.15) is 0 Å². The lowest BCUT2D eigenvalue weighted by Gasteiger charge is -2.04. The second-order valence-electron chi connectivity index (χ2n) is 3.16. The van der Waals surface area contributed by atoms with Crippen molar-refractivity contribution >= 4 is 17.2 Å². The first-order chi connectivity index (χ1) is 6.61. The third-order valence-electron chi connectivity index (χ3n) is 2.06. The average Bonchev–Trinajstić information content (AvgIpc) is 2.83. The number of hydrogen-bond acceptors (Lipinski definition) is 3. The smallest absolute Gasteiger partial charge is 0.282 e. The number of nitrogens with two attached hydrogens (primary N) is 1. The molecule has 0 amide bonds. The maximum atomic E-state index is 12.7. The summed E-state index contributed by atoms with van der Waals surface area (Å²) in [6.45, 7) is 0. The van der Waals surface area contributed by atoms with E-state index in [1.165, 1.54) is 4.68 Å². The topological polar surface area (TPSA) is 56.7 Å². The van der Waals surface area contributed by atoms with Gasteiger partial charge in [0.25, 0.3) is 6.43 Å². The lowest BCUT2D eigenvalue weighted by Crippen LogP contribution is -2.14. The molecular formula is C7H8F2N4S. The third kappa shape index (κ3) is 1.47. The van der Waals surface area contributed by atoms with Crippen LogP contribution in [0.4, 0.5) is 8.78 Å². The molecule has 0 bridgehead atoms. The predicted molar refractivity (Wildman–Crippen MR) is 49.1 cm³/mol. The standard InChI is InChI=1S/C7H8F2N4S/c8-6(9)5-4(7(10)14)11-12-13(5)3-1-2-3/h3,6H,1-2H2,(H2,10,14). The van der Waals surface area contributed by atoms with Gasteiger partial charge in [0.15, 0.2) is 0 Å². The van der Waals surface area contributed by atoms with Crippen LogP contribution < -0.4 is 5.73 Å². The Hall–Kier alpha value is -1.11. The van der Waals surface area contributed by atoms with Crippen molar-refractivity contribution in [3.05, 3.63) is 11.4 Å². The molecule has 2 rings (SSSR count). The summed E-state index contributed by atoms with van der Waals surface area (Å²) >= 11 is 4.62. The molecule has 0 aromatic carbocycles. The molecule has 14 heavy (non-hydrogen) atoms. The molecule has 4 nitrogen and oxygen atoms in total. The van der Waals surface area contributed by atoms with Gasteiger partial charge in [0.1, 0.15) is 16.4 Å². The average molecular weight is 218 g/mol. The molecule has 0 atom stereocenters. The number of nitrogens with zero attached hydrogens (tertiary/aromatic N) is 3. The number of thiocarbonyl (C=S) groups is 1. The van der Waals surface area contributed by atoms with Crippen LogP contribution in [0.2, 0.25) is 0 Å². The highest BCUT2D eigenvalue weighted by Crippen LogP contribution is 2.37. The molecule has 2 N–H and O–H groups in total. The van der Waals surface area contributed by atoms with Crippen LogP contribution in [-0.4, -0.2) is 20.0 Å². The third-order valence-corrected chi connectivity index (χ3v) is 2.26. The highest BCUT2D eigenvalue weighted by Gasteiger charge is 2.32. The molecule has 1 fully saturated rings. The summed E-state index contributed by atoms with van der Waals surface area (Å²) in [6.07, 6.45) is -0.915. The van der Waals surface area contributed by atoms with Crippen LogP contribution in [0.3, 0.4) is 0 Å². The van der Waals surface area contributed by atoms with E-state index in [-0.39, 0.29) is 22.4 Å². The maximum absolute atomic E-state index is 12.7. The molecule has 0 radical (unpaired) electrons. The monoisotopic (exact) mass is 218 g/mol. The normalized spacial score (nSPS) is 16.2. The SMILES string of the molecule is NC(=S)c1nnn(C2CC2)c1C(F)F. The van der Waals surface area contributed by atoms with Gasteiger partial charge in [-0.1, -0.05) is 17.4 Å². The van der Waals surface area contributed by atoms with Crippen molar-refractivity contribution in [2.45, 2.75) is 25.3 Å². The molecule has 1 aromatic heterocycles. The van der Waals surface area contributed by atoms with Crippen molar-refractivity contribution in [2.75, 3.05) is 0 Å². The van der Waals surface area contributed by atoms with Crippen LogP contribution in [0.5, 0.6) is 0 Å². The van der Waals surface area contributed by atoms with Crippen LogP contribution >= 0.6 is 12.2 Å². The lowest BCUT2D eigenvalue weighted by molar-refractivity contribution is 0.138. The fraction of sp³-hybridized carbons (Fsp3) is 0.571. The van der Waals surface area contributed by atoms with Gasteiger partial charge < -0.3 is 5.73 Å². The van der Waals surface area contributed by atoms with Crippen LogP contribution in [0.15, 0.2) is 0 Å². The van der Waals surface area contributed by atoms with E-state index in [2.05, 4.69) is 22.5 Å². The molecular weight excluding hydrogens is 210 g/mol. The molecule has 1 aliphatic rings. The summed E-state index contributed by atoms with van der Waals surface area (Å²) in [5, 5.41) is 7.20. The number of aromatic nitrogens is 3. The quantitative estimate of drug-likeness (QED) is 0.774. The minimum atomic E-state index is -2.64. The molecule has 76 valence electrons. The zero-order valence-corrected chi connectivity index (χ0v) is 7.97. The van der Waals surface area contributed by atoms with E-state index in [9.17, 15) is 8.78 Å². The largest absolute Gasteiger partial charge is 0.388 e. The van der Waals surface area contributed by atoms with Crippen molar-refractivity contribution in [2.24, 2.45) is 5.73 Å². The first-order valence-corrected chi connectivity index (χ1v) is 4.55. The van der Waals surface area contributed by atoms with Gasteiger partial charge in [-0.05, 0) is 12.8 Å². The molecule has 0 unspecified atom stereocenters. The molecule has 7 heteroatoms. The molecule has 1 aromatic rings. The Morgan fingerprint density at radius 1 is 1.57 bits per heavy atom. The Bertz CT molecular complexity index is 372. The van der Waals surface area contributed by atoms with Crippen molar-refractivity contribution in [1.82, 2.24) is 15.0 Å². The minimum absolute atomic E-state index is 0.0506. The van der Waals surface area contributed by atoms with E-state index in [1.807, 2.05) is 0 Å². The molecule has 1 aliphatic carbocycles. The van der Waals surface area contributed by atoms with Gasteiger partial charge >= 0.3 is 0 Å². The Balaban J connectivity index is 2.46. The van der Waals surface area contributed by atoms with E-state index < -0.39 is 6.43 Å². The van der Waals surface area contributed by atoms with Crippen molar-refractivity contribution in [3.8, 4) is 0 Å². The highest BCUT2D eigenvalue weighted by molar-refractivity contribution is 7.80. The zero-order valence-electron chi connectivity index (χ0n) is 7.15. The number of halogens is 2. The van der Waals surface area contributed by atoms with Crippen LogP contribution in [-0.2, 0) is 0 Å². The zero-order chi connectivity index (χ0) is 10.3. The summed E-state index contributed by atoms with van der Waals surface area (Å²) in [6, 6.07) is 0.0506. The first-order valence-electron chi connectivity index (χ1n) is 4.14. The second-order valence-corrected chi connectivity index (χ2v) is 3.60. The highest BCUT2D eigenvalue weighted by atomic mass is 32.1. The van der Waals surface area contributed by atoms with E-state index in [0.717, 1.165) is 12.8 Å². The number of alkyl halides is 2. The molecule has 0 spiro atoms. The number of rotatable bonds is 3. The predicted octanol–water partition coefficient (Wildman–Crippen LogP) is 1.18. The van der Waals surface area contributed by atoms with Crippen molar-refractivity contribution in [1.29, 1.82) is 0 Å². The van der Waals surface area contributed by atoms with Gasteiger partial charge in [0.2, 0.25) is 0 Å². The fourth-order valence-electron chi connectivity index (χ4n) is 1.27. The summed E-state index contributed by atoms with van der Waals surface area (Å²) in [5.41, 5.74) is 4.96. The van der Waals surface area contributed by atoms with E-state index in [1.54, 1.807) is 0 Å². The summed E-state index contributed by atoms with van der Waals surface area (Å²) in [4.78, 5) is -0.132. The second kappa shape index (κ2) is 3.23. The summed E-state index contributed by atoms with van der Waals surface area (Å²) in [5.74, 6) is 0. The molecule has 0 saturated heterocycles. The molecule has 0 aliphatic heterocycles. The summed E-state index contributed by atoms with van der Waals surface area (Å²) in [7, 11) is 0. The van der Waals surface area contributed by atoms with Gasteiger partial charge in [0.05, 0.1) is 6.04 Å². The lowest BCUT2D eigenvalue weighted by atomic mass is 10.3. The Labute approximate surface area is 84.1 Å². The van der Waals surface area contributed by atoms with Crippen LogP contribution in [0.1, 0.15) is 36.7 Å². The first kappa shape index (κ1) is 9.45. The number of hydrogen-bond donors (Lipinski definition) is 1. The molecule has 1 heterocycles. The van der Waals surface area contributed by atoms with E-state index >= 15 is 0 Å². The van der Waals surface area contributed by atoms with Crippen LogP contribution in [0, 0.1) is 0 Å². The van der Waals surface area contributed by atoms with Crippen LogP contribution in [0.25, 0.3) is 0 Å². The van der Waals surface area contributed by atoms with E-state index in [4.69, 9.17) is 5.73 Å². The van der Waals surface area contributed by atoms with Gasteiger partial charge in [-0.25, -0.2) is 13.5 Å². The van der Waals surface area contributed by atoms with Gasteiger partial charge in [0, 0.05) is 0 Å². The Morgan fingerprint density at radius 2 is 2.21 bits per heavy atom. The Morgan fingerprint density at radius 3 is 2.64 bits per heavy atom. The van der Waals surface area contributed by atoms with Gasteiger partial charge in [-0.15, -0.1) is 5.10 Å². The maximum Gasteiger partial charge on any atom is 0.282 e. The van der Waals surface area contributed by atoms with E-state index in [0.29, 0.717) is 0 Å². The summed E-state index contributed by atoms with van der Waals surface area (Å²) < 4.78 is 26.5.